The maximum absolute atomic E-state index is 13.8. The lowest BCUT2D eigenvalue weighted by Gasteiger charge is -2.18. The van der Waals surface area contributed by atoms with Crippen molar-refractivity contribution in [2.24, 2.45) is 10.7 Å². The van der Waals surface area contributed by atoms with E-state index in [1.807, 2.05) is 0 Å². The molecule has 0 aliphatic heterocycles. The highest BCUT2D eigenvalue weighted by atomic mass is 35.5. The van der Waals surface area contributed by atoms with Gasteiger partial charge in [-0.15, -0.1) is 0 Å². The third kappa shape index (κ3) is 5.14. The number of aliphatic imine (C=N–C) groups is 1. The van der Waals surface area contributed by atoms with Crippen molar-refractivity contribution in [2.45, 2.75) is 6.04 Å². The zero-order chi connectivity index (χ0) is 22.4. The van der Waals surface area contributed by atoms with E-state index in [-0.39, 0.29) is 16.5 Å². The van der Waals surface area contributed by atoms with Gasteiger partial charge in [-0.3, -0.25) is 9.79 Å². The van der Waals surface area contributed by atoms with Gasteiger partial charge >= 0.3 is 0 Å². The largest absolute Gasteiger partial charge is 0.404 e. The molecule has 3 aromatic rings. The summed E-state index contributed by atoms with van der Waals surface area (Å²) in [5.41, 5.74) is 6.47. The Hall–Kier alpha value is -3.56. The number of aliphatic hydroxyl groups excluding tert-OH is 1. The number of hydrogen-bond donors (Lipinski definition) is 3. The fourth-order valence-electron chi connectivity index (χ4n) is 2.94. The number of aliphatic hydroxyl groups is 1. The highest BCUT2D eigenvalue weighted by Crippen LogP contribution is 2.23. The predicted molar refractivity (Wildman–Crippen MR) is 119 cm³/mol. The van der Waals surface area contributed by atoms with Crippen LogP contribution in [0.4, 0.5) is 10.3 Å². The molecule has 3 rings (SSSR count). The van der Waals surface area contributed by atoms with E-state index < -0.39 is 18.5 Å². The molecule has 160 valence electrons. The third-order valence-corrected chi connectivity index (χ3v) is 4.78. The minimum atomic E-state index is -0.762. The maximum Gasteiger partial charge on any atom is 0.251 e. The molecule has 0 saturated heterocycles. The minimum Gasteiger partial charge on any atom is -0.404 e. The van der Waals surface area contributed by atoms with Crippen LogP contribution in [-0.4, -0.2) is 39.1 Å². The first-order valence-electron chi connectivity index (χ1n) is 9.20. The van der Waals surface area contributed by atoms with Gasteiger partial charge in [0.25, 0.3) is 5.56 Å². The van der Waals surface area contributed by atoms with Crippen LogP contribution >= 0.6 is 11.6 Å². The highest BCUT2D eigenvalue weighted by Gasteiger charge is 2.16. The molecule has 1 aromatic carbocycles. The molecule has 0 amide bonds. The summed E-state index contributed by atoms with van der Waals surface area (Å²) in [6.07, 6.45) is 5.97. The zero-order valence-corrected chi connectivity index (χ0v) is 17.3. The van der Waals surface area contributed by atoms with Crippen LogP contribution in [0, 0.1) is 5.82 Å². The lowest BCUT2D eigenvalue weighted by atomic mass is 10.1. The summed E-state index contributed by atoms with van der Waals surface area (Å²) < 4.78 is 15.2. The number of nitrogens with one attached hydrogen (secondary N) is 1. The van der Waals surface area contributed by atoms with Crippen LogP contribution in [0.1, 0.15) is 11.6 Å². The Labute approximate surface area is 182 Å². The number of nitrogens with zero attached hydrogens (tertiary/aromatic N) is 4. The first-order valence-corrected chi connectivity index (χ1v) is 9.58. The van der Waals surface area contributed by atoms with Crippen LogP contribution < -0.4 is 16.6 Å². The van der Waals surface area contributed by atoms with Gasteiger partial charge in [0.05, 0.1) is 23.4 Å². The van der Waals surface area contributed by atoms with Crippen molar-refractivity contribution in [3.63, 3.8) is 0 Å². The number of aromatic nitrogens is 3. The van der Waals surface area contributed by atoms with Gasteiger partial charge < -0.3 is 20.7 Å². The van der Waals surface area contributed by atoms with Gasteiger partial charge in [-0.05, 0) is 42.1 Å². The van der Waals surface area contributed by atoms with Crippen molar-refractivity contribution < 1.29 is 9.50 Å². The second kappa shape index (κ2) is 9.96. The molecule has 8 nitrogen and oxygen atoms in total. The Morgan fingerprint density at radius 2 is 2.19 bits per heavy atom. The quantitative estimate of drug-likeness (QED) is 0.399. The predicted octanol–water partition coefficient (Wildman–Crippen LogP) is 2.59. The normalized spacial score (nSPS) is 12.8. The van der Waals surface area contributed by atoms with Crippen LogP contribution in [0.3, 0.4) is 0 Å². The molecule has 0 bridgehead atoms. The van der Waals surface area contributed by atoms with Crippen molar-refractivity contribution in [3.8, 4) is 11.3 Å². The number of anilines is 1. The van der Waals surface area contributed by atoms with Gasteiger partial charge in [0.1, 0.15) is 11.7 Å². The van der Waals surface area contributed by atoms with Crippen molar-refractivity contribution in [2.75, 3.05) is 19.0 Å². The summed E-state index contributed by atoms with van der Waals surface area (Å²) in [4.78, 5) is 25.3. The van der Waals surface area contributed by atoms with Gasteiger partial charge in [0.15, 0.2) is 0 Å². The lowest BCUT2D eigenvalue weighted by molar-refractivity contribution is 0.247. The molecule has 31 heavy (non-hydrogen) atoms. The van der Waals surface area contributed by atoms with Crippen molar-refractivity contribution in [1.29, 1.82) is 0 Å². The summed E-state index contributed by atoms with van der Waals surface area (Å²) in [5, 5.41) is 12.7. The lowest BCUT2D eigenvalue weighted by Crippen LogP contribution is -2.27. The maximum atomic E-state index is 13.8. The summed E-state index contributed by atoms with van der Waals surface area (Å²) in [5.74, 6) is 0.129. The average Bonchev–Trinajstić information content (AvgIpc) is 2.77. The molecule has 0 aliphatic rings. The molecular weight excluding hydrogens is 423 g/mol. The fraction of sp³-hybridized carbons (Fsp3) is 0.143. The van der Waals surface area contributed by atoms with E-state index in [4.69, 9.17) is 17.3 Å². The van der Waals surface area contributed by atoms with E-state index in [1.165, 1.54) is 35.2 Å². The molecule has 0 radical (unpaired) electrons. The topological polar surface area (TPSA) is 118 Å². The molecule has 0 spiro atoms. The first-order chi connectivity index (χ1) is 15.0. The van der Waals surface area contributed by atoms with E-state index in [0.29, 0.717) is 22.7 Å². The number of nitrogens with two attached hydrogens (primary N) is 1. The molecule has 4 N–H and O–H groups in total. The standard InChI is InChI=1S/C21H20ClFN6O2/c1-25-19(4-7-24)28-21-26-8-5-17(27-21)13-6-9-29(20(31)11-13)18(12-30)14-2-3-15(22)16(23)10-14/h2-11,18,30H,12,24H2,1H3,(H,25,26,27,28)/b7-4-/t18-/m1/s1. The van der Waals surface area contributed by atoms with Crippen LogP contribution in [-0.2, 0) is 0 Å². The molecule has 2 heterocycles. The van der Waals surface area contributed by atoms with Gasteiger partial charge in [-0.1, -0.05) is 17.7 Å². The third-order valence-electron chi connectivity index (χ3n) is 4.47. The van der Waals surface area contributed by atoms with Crippen molar-refractivity contribution >= 4 is 23.4 Å². The Morgan fingerprint density at radius 3 is 2.84 bits per heavy atom. The summed E-state index contributed by atoms with van der Waals surface area (Å²) >= 11 is 5.72. The van der Waals surface area contributed by atoms with E-state index in [1.54, 1.807) is 37.5 Å². The minimum absolute atomic E-state index is 0.0328. The number of benzene rings is 1. The van der Waals surface area contributed by atoms with Gasteiger partial charge in [-0.25, -0.2) is 14.4 Å². The summed E-state index contributed by atoms with van der Waals surface area (Å²) in [7, 11) is 1.59. The summed E-state index contributed by atoms with van der Waals surface area (Å²) in [6, 6.07) is 8.11. The molecule has 0 fully saturated rings. The van der Waals surface area contributed by atoms with E-state index in [2.05, 4.69) is 20.3 Å². The molecule has 0 saturated carbocycles. The number of pyridine rings is 1. The molecule has 1 atom stereocenters. The van der Waals surface area contributed by atoms with Crippen LogP contribution in [0.5, 0.6) is 0 Å². The molecule has 2 aromatic heterocycles. The number of rotatable bonds is 6. The number of hydrogen-bond acceptors (Lipinski definition) is 6. The van der Waals surface area contributed by atoms with E-state index in [0.717, 1.165) is 0 Å². The van der Waals surface area contributed by atoms with E-state index in [9.17, 15) is 14.3 Å². The van der Waals surface area contributed by atoms with Crippen LogP contribution in [0.25, 0.3) is 11.3 Å². The Bertz CT molecular complexity index is 1190. The van der Waals surface area contributed by atoms with Crippen LogP contribution in [0.2, 0.25) is 5.02 Å². The number of halogens is 2. The monoisotopic (exact) mass is 442 g/mol. The SMILES string of the molecule is CN=C(/C=C\N)Nc1nccc(-c2ccn([C@H](CO)c3ccc(Cl)c(F)c3)c(=O)c2)n1. The molecule has 0 aliphatic carbocycles. The average molecular weight is 443 g/mol. The van der Waals surface area contributed by atoms with Crippen molar-refractivity contribution in [3.05, 3.63) is 87.8 Å². The second-order valence-electron chi connectivity index (χ2n) is 6.39. The summed E-state index contributed by atoms with van der Waals surface area (Å²) in [6.45, 7) is -0.393. The van der Waals surface area contributed by atoms with E-state index >= 15 is 0 Å². The Balaban J connectivity index is 1.92. The molecule has 0 unspecified atom stereocenters. The van der Waals surface area contributed by atoms with Gasteiger partial charge in [0.2, 0.25) is 5.95 Å². The first kappa shape index (κ1) is 22.1. The molecular formula is C21H20ClFN6O2. The smallest absolute Gasteiger partial charge is 0.251 e. The molecule has 10 heteroatoms. The van der Waals surface area contributed by atoms with Gasteiger partial charge in [0, 0.05) is 31.1 Å². The Morgan fingerprint density at radius 1 is 1.39 bits per heavy atom. The van der Waals surface area contributed by atoms with Gasteiger partial charge in [-0.2, -0.15) is 0 Å². The van der Waals surface area contributed by atoms with Crippen LogP contribution in [0.15, 0.2) is 70.9 Å². The number of amidine groups is 1. The zero-order valence-electron chi connectivity index (χ0n) is 16.5. The Kier molecular flexibility index (Phi) is 7.11. The highest BCUT2D eigenvalue weighted by molar-refractivity contribution is 6.30. The second-order valence-corrected chi connectivity index (χ2v) is 6.80. The fourth-order valence-corrected chi connectivity index (χ4v) is 3.06. The van der Waals surface area contributed by atoms with Crippen molar-refractivity contribution in [1.82, 2.24) is 14.5 Å².